The van der Waals surface area contributed by atoms with Crippen molar-refractivity contribution in [1.82, 2.24) is 0 Å². The first kappa shape index (κ1) is 26.9. The quantitative estimate of drug-likeness (QED) is 0.269. The van der Waals surface area contributed by atoms with Crippen LogP contribution in [0, 0.1) is 23.7 Å². The van der Waals surface area contributed by atoms with Crippen LogP contribution in [0.3, 0.4) is 0 Å². The van der Waals surface area contributed by atoms with Crippen LogP contribution in [-0.4, -0.2) is 36.9 Å². The smallest absolute Gasteiger partial charge is 0.119 e. The van der Waals surface area contributed by atoms with Crippen molar-refractivity contribution in [3.05, 3.63) is 0 Å². The third-order valence-corrected chi connectivity index (χ3v) is 4.89. The van der Waals surface area contributed by atoms with Gasteiger partial charge in [-0.15, -0.1) is 0 Å². The van der Waals surface area contributed by atoms with Crippen LogP contribution in [0.25, 0.3) is 0 Å². The second-order valence-corrected chi connectivity index (χ2v) is 9.54. The van der Waals surface area contributed by atoms with E-state index in [-0.39, 0.29) is 0 Å². The van der Waals surface area contributed by atoms with Crippen LogP contribution >= 0.6 is 0 Å². The van der Waals surface area contributed by atoms with Gasteiger partial charge in [-0.3, -0.25) is 0 Å². The minimum Gasteiger partial charge on any atom is -0.324 e. The van der Waals surface area contributed by atoms with Gasteiger partial charge in [-0.05, 0) is 49.4 Å². The molecule has 0 fully saturated rings. The Morgan fingerprint density at radius 2 is 0.800 bits per heavy atom. The first-order valence-corrected chi connectivity index (χ1v) is 10.9. The molecule has 0 atom stereocenters. The lowest BCUT2D eigenvalue weighted by molar-refractivity contribution is -0.930. The van der Waals surface area contributed by atoms with E-state index in [1.54, 1.807) is 0 Å². The second kappa shape index (κ2) is 15.9. The molecule has 0 rings (SSSR count). The fraction of sp³-hybridized carbons (Fsp3) is 0.957. The van der Waals surface area contributed by atoms with Gasteiger partial charge in [0.25, 0.3) is 0 Å². The van der Waals surface area contributed by atoms with Gasteiger partial charge in [0.05, 0.1) is 26.2 Å². The number of rotatable bonds is 13. The number of hydrogen-bond donors (Lipinski definition) is 0. The third-order valence-electron chi connectivity index (χ3n) is 4.89. The number of carbonyl (C=O) groups excluding carboxylic acids is 1. The van der Waals surface area contributed by atoms with Crippen molar-refractivity contribution in [1.29, 1.82) is 0 Å². The Bertz CT molecular complexity index is 241. The Morgan fingerprint density at radius 1 is 0.600 bits per heavy atom. The van der Waals surface area contributed by atoms with Crippen molar-refractivity contribution < 1.29 is 9.28 Å². The normalized spacial score (nSPS) is 12.0. The molecule has 0 aliphatic carbocycles. The molecule has 2 nitrogen and oxygen atoms in total. The molecule has 0 aromatic carbocycles. The second-order valence-electron chi connectivity index (χ2n) is 9.54. The summed E-state index contributed by atoms with van der Waals surface area (Å²) in [5.41, 5.74) is 0. The summed E-state index contributed by atoms with van der Waals surface area (Å²) in [7, 11) is 0. The van der Waals surface area contributed by atoms with Crippen molar-refractivity contribution >= 4 is 6.29 Å². The van der Waals surface area contributed by atoms with E-state index in [4.69, 9.17) is 0 Å². The van der Waals surface area contributed by atoms with Gasteiger partial charge >= 0.3 is 0 Å². The fourth-order valence-corrected chi connectivity index (χ4v) is 2.80. The zero-order chi connectivity index (χ0) is 19.9. The Morgan fingerprint density at radius 3 is 0.920 bits per heavy atom. The zero-order valence-corrected chi connectivity index (χ0v) is 19.1. The average molecular weight is 357 g/mol. The van der Waals surface area contributed by atoms with E-state index in [1.165, 1.54) is 56.3 Å². The van der Waals surface area contributed by atoms with Crippen LogP contribution in [-0.2, 0) is 4.79 Å². The molecule has 2 heteroatoms. The Hall–Kier alpha value is -0.370. The van der Waals surface area contributed by atoms with Crippen LogP contribution in [0.2, 0.25) is 0 Å². The maximum atomic E-state index is 9.17. The molecule has 152 valence electrons. The van der Waals surface area contributed by atoms with Gasteiger partial charge in [-0.2, -0.15) is 0 Å². The maximum Gasteiger partial charge on any atom is 0.119 e. The highest BCUT2D eigenvalue weighted by Crippen LogP contribution is 2.21. The monoisotopic (exact) mass is 356 g/mol. The number of hydrogen-bond acceptors (Lipinski definition) is 1. The minimum absolute atomic E-state index is 0.639. The largest absolute Gasteiger partial charge is 0.324 e. The number of carbonyl (C=O) groups is 1. The lowest BCUT2D eigenvalue weighted by Gasteiger charge is -2.41. The zero-order valence-electron chi connectivity index (χ0n) is 19.1. The molecule has 0 bridgehead atoms. The molecule has 0 saturated carbocycles. The van der Waals surface area contributed by atoms with Crippen molar-refractivity contribution in [2.75, 3.05) is 26.2 Å². The summed E-state index contributed by atoms with van der Waals surface area (Å²) < 4.78 is 1.38. The van der Waals surface area contributed by atoms with Crippen LogP contribution in [0.4, 0.5) is 0 Å². The summed E-state index contributed by atoms with van der Waals surface area (Å²) in [4.78, 5) is 9.17. The molecular formula is C23H50NO+. The van der Waals surface area contributed by atoms with E-state index in [1.807, 2.05) is 6.92 Å². The minimum atomic E-state index is 0.639. The first-order valence-electron chi connectivity index (χ1n) is 10.9. The first-order chi connectivity index (χ1) is 11.6. The van der Waals surface area contributed by atoms with Crippen molar-refractivity contribution in [2.24, 2.45) is 23.7 Å². The SMILES string of the molecule is CC(C)CC[N+](CCC(C)C)(CCC(C)C)CCC(C)C.CCC=O. The molecule has 0 aromatic heterocycles. The standard InChI is InChI=1S/C20H44N.C3H6O/c1-17(2)9-13-21(14-10-18(3)4,15-11-19(5)6)16-12-20(7)8;1-2-3-4/h17-20H,9-16H2,1-8H3;3H,2H2,1H3/q+1;. The molecule has 0 aromatic rings. The number of nitrogens with zero attached hydrogens (tertiary/aromatic N) is 1. The summed E-state index contributed by atoms with van der Waals surface area (Å²) >= 11 is 0. The van der Waals surface area contributed by atoms with Gasteiger partial charge in [0.2, 0.25) is 0 Å². The van der Waals surface area contributed by atoms with Gasteiger partial charge in [-0.25, -0.2) is 0 Å². The van der Waals surface area contributed by atoms with Gasteiger partial charge in [0.15, 0.2) is 0 Å². The average Bonchev–Trinajstić information content (AvgIpc) is 2.53. The number of aldehydes is 1. The van der Waals surface area contributed by atoms with Gasteiger partial charge in [0, 0.05) is 6.42 Å². The van der Waals surface area contributed by atoms with Crippen molar-refractivity contribution in [2.45, 2.75) is 94.4 Å². The van der Waals surface area contributed by atoms with E-state index < -0.39 is 0 Å². The van der Waals surface area contributed by atoms with E-state index >= 15 is 0 Å². The molecule has 0 radical (unpaired) electrons. The summed E-state index contributed by atoms with van der Waals surface area (Å²) in [6.07, 6.45) is 7.05. The molecule has 0 spiro atoms. The van der Waals surface area contributed by atoms with Gasteiger partial charge in [-0.1, -0.05) is 62.3 Å². The van der Waals surface area contributed by atoms with Gasteiger partial charge in [0.1, 0.15) is 6.29 Å². The maximum absolute atomic E-state index is 9.17. The molecule has 0 amide bonds. The van der Waals surface area contributed by atoms with Crippen molar-refractivity contribution in [3.63, 3.8) is 0 Å². The predicted octanol–water partition coefficient (Wildman–Crippen LogP) is 6.58. The van der Waals surface area contributed by atoms with Crippen LogP contribution < -0.4 is 0 Å². The lowest BCUT2D eigenvalue weighted by Crippen LogP contribution is -2.52. The molecule has 0 unspecified atom stereocenters. The predicted molar refractivity (Wildman–Crippen MR) is 114 cm³/mol. The van der Waals surface area contributed by atoms with E-state index in [0.717, 1.165) is 30.0 Å². The summed E-state index contributed by atoms with van der Waals surface area (Å²) in [5, 5.41) is 0. The lowest BCUT2D eigenvalue weighted by atomic mass is 10.0. The summed E-state index contributed by atoms with van der Waals surface area (Å²) in [5.74, 6) is 3.33. The topological polar surface area (TPSA) is 17.1 Å². The highest BCUT2D eigenvalue weighted by atomic mass is 16.1. The Kier molecular flexibility index (Phi) is 17.0. The molecule has 0 aliphatic heterocycles. The van der Waals surface area contributed by atoms with E-state index in [9.17, 15) is 4.79 Å². The van der Waals surface area contributed by atoms with E-state index in [2.05, 4.69) is 55.4 Å². The Balaban J connectivity index is 0. The summed E-state index contributed by atoms with van der Waals surface area (Å²) in [6, 6.07) is 0. The summed E-state index contributed by atoms with van der Waals surface area (Å²) in [6.45, 7) is 26.4. The molecule has 25 heavy (non-hydrogen) atoms. The molecular weight excluding hydrogens is 306 g/mol. The van der Waals surface area contributed by atoms with Gasteiger partial charge < -0.3 is 9.28 Å². The molecule has 0 aliphatic rings. The van der Waals surface area contributed by atoms with Crippen LogP contribution in [0.5, 0.6) is 0 Å². The highest BCUT2D eigenvalue weighted by Gasteiger charge is 2.27. The highest BCUT2D eigenvalue weighted by molar-refractivity contribution is 5.48. The molecule has 0 heterocycles. The molecule has 0 N–H and O–H groups in total. The van der Waals surface area contributed by atoms with Crippen molar-refractivity contribution in [3.8, 4) is 0 Å². The van der Waals surface area contributed by atoms with Crippen LogP contribution in [0.1, 0.15) is 94.4 Å². The van der Waals surface area contributed by atoms with E-state index in [0.29, 0.717) is 6.42 Å². The van der Waals surface area contributed by atoms with Crippen LogP contribution in [0.15, 0.2) is 0 Å². The Labute approximate surface area is 160 Å². The number of quaternary nitrogens is 1. The third kappa shape index (κ3) is 18.2. The molecule has 0 saturated heterocycles. The fourth-order valence-electron chi connectivity index (χ4n) is 2.80.